The van der Waals surface area contributed by atoms with Gasteiger partial charge in [0.1, 0.15) is 23.1 Å². The van der Waals surface area contributed by atoms with Crippen molar-refractivity contribution in [2.24, 2.45) is 0 Å². The molecule has 26 nitrogen and oxygen atoms in total. The molecule has 0 fully saturated rings. The molecule has 2 amide bonds. The Morgan fingerprint density at radius 1 is 0.389 bits per heavy atom. The summed E-state index contributed by atoms with van der Waals surface area (Å²) in [7, 11) is 0. The van der Waals surface area contributed by atoms with Gasteiger partial charge in [-0.05, 0) is 135 Å². The zero-order valence-corrected chi connectivity index (χ0v) is 64.6. The minimum Gasteiger partial charge on any atom is -0.492 e. The van der Waals surface area contributed by atoms with E-state index in [2.05, 4.69) is 30.6 Å². The molecule has 0 radical (unpaired) electrons. The van der Waals surface area contributed by atoms with Crippen molar-refractivity contribution in [1.29, 1.82) is 0 Å². The molecule has 0 saturated heterocycles. The fourth-order valence-corrected chi connectivity index (χ4v) is 10.3. The molecule has 27 heteroatoms. The van der Waals surface area contributed by atoms with Gasteiger partial charge in [-0.15, -0.1) is 0 Å². The fourth-order valence-electron chi connectivity index (χ4n) is 10.3. The predicted octanol–water partition coefficient (Wildman–Crippen LogP) is 15.8. The average Bonchev–Trinajstić information content (AvgIpc) is 0.789. The molecule has 9 aromatic carbocycles. The van der Waals surface area contributed by atoms with E-state index >= 15 is 0 Å². The quantitative estimate of drug-likeness (QED) is 0.0343. The highest BCUT2D eigenvalue weighted by Crippen LogP contribution is 2.26. The fraction of sp³-hybridized carbons (Fsp3) is 0.209. The summed E-state index contributed by atoms with van der Waals surface area (Å²) in [4.78, 5) is 130. The van der Waals surface area contributed by atoms with Gasteiger partial charge in [0.2, 0.25) is 17.1 Å². The van der Waals surface area contributed by atoms with Gasteiger partial charge in [0.15, 0.2) is 11.8 Å². The van der Waals surface area contributed by atoms with Gasteiger partial charge < -0.3 is 50.0 Å². The molecule has 0 saturated carbocycles. The van der Waals surface area contributed by atoms with Crippen molar-refractivity contribution < 1.29 is 62.4 Å². The SMILES string of the molecule is CCC(=O)Cl.CCC(=O)Nc1ccccc1C(=O)O.CCC(=O)Nc1ccccc1C(=O)O.CCOc1ccccc1-n1c(CC)nc2ccccc2c1=O.CCOc1ccccc1-n1c(CC)nc2ccccc2c1=O.CCc1nc2ccccc2c(=O)o1.CCc1nc2ccccc2c(=O)o1.Nc1ccccc1C(=O)O. The summed E-state index contributed by atoms with van der Waals surface area (Å²) in [6.07, 6.45) is 3.70. The standard InChI is InChI=1S/2C18H18N2O2.2C10H11NO3.2C10H9NO2.C7H7NO2.C3H5ClO/c2*1-3-17-19-14-10-6-5-9-13(14)18(21)20(17)15-11-7-8-12-16(15)22-4-2;2*1-2-9(12)11-8-6-4-3-5-7(8)10(13)14;2*1-2-9-11-8-6-4-3-5-7(8)10(12)13-9;8-6-4-2-1-3-5(6)7(9)10;1-2-3(4)5/h2*5-12H,3-4H2,1-2H3;2*3-6H,2H2,1H3,(H,11,12)(H,13,14);2*3-6H,2H2,1H3;1-4H,8H2,(H,9,10);2H2,1H3. The Morgan fingerprint density at radius 3 is 1.00 bits per heavy atom. The van der Waals surface area contributed by atoms with E-state index in [0.717, 1.165) is 34.1 Å². The van der Waals surface area contributed by atoms with Crippen molar-refractivity contribution in [3.8, 4) is 22.9 Å². The summed E-state index contributed by atoms with van der Waals surface area (Å²) in [6.45, 7) is 17.9. The van der Waals surface area contributed by atoms with Crippen LogP contribution in [0.3, 0.4) is 0 Å². The summed E-state index contributed by atoms with van der Waals surface area (Å²) < 4.78 is 24.6. The van der Waals surface area contributed by atoms with E-state index in [1.165, 1.54) is 18.2 Å². The Kier molecular flexibility index (Phi) is 35.3. The van der Waals surface area contributed by atoms with Gasteiger partial charge in [-0.3, -0.25) is 33.1 Å². The molecule has 4 aromatic heterocycles. The molecular formula is C86H88ClN9O17. The Bertz CT molecular complexity index is 5370. The molecular weight excluding hydrogens is 1470 g/mol. The number of benzene rings is 9. The molecule has 13 rings (SSSR count). The Hall–Kier alpha value is -13.8. The Balaban J connectivity index is 0.000000206. The number of nitrogens with zero attached hydrogens (tertiary/aromatic N) is 6. The molecule has 0 aliphatic carbocycles. The van der Waals surface area contributed by atoms with Gasteiger partial charge in [0.25, 0.3) is 11.1 Å². The molecule has 586 valence electrons. The molecule has 113 heavy (non-hydrogen) atoms. The van der Waals surface area contributed by atoms with E-state index in [1.807, 2.05) is 163 Å². The highest BCUT2D eigenvalue weighted by atomic mass is 35.5. The van der Waals surface area contributed by atoms with E-state index in [-0.39, 0.29) is 56.1 Å². The lowest BCUT2D eigenvalue weighted by atomic mass is 10.2. The smallest absolute Gasteiger partial charge is 0.346 e. The van der Waals surface area contributed by atoms with Crippen LogP contribution in [0, 0.1) is 0 Å². The first kappa shape index (κ1) is 88.2. The number of anilines is 3. The van der Waals surface area contributed by atoms with Crippen LogP contribution in [0.25, 0.3) is 55.0 Å². The van der Waals surface area contributed by atoms with Gasteiger partial charge in [-0.25, -0.2) is 43.9 Å². The van der Waals surface area contributed by atoms with Crippen molar-refractivity contribution in [2.75, 3.05) is 29.6 Å². The number of nitrogens with one attached hydrogen (secondary N) is 2. The van der Waals surface area contributed by atoms with Crippen LogP contribution in [-0.2, 0) is 40.1 Å². The van der Waals surface area contributed by atoms with Gasteiger partial charge in [0, 0.05) is 50.6 Å². The number of nitrogen functional groups attached to an aromatic ring is 1. The monoisotopic (exact) mass is 1550 g/mol. The maximum Gasteiger partial charge on any atom is 0.346 e. The Morgan fingerprint density at radius 2 is 0.690 bits per heavy atom. The van der Waals surface area contributed by atoms with Crippen molar-refractivity contribution in [2.45, 2.75) is 107 Å². The normalized spacial score (nSPS) is 10.1. The van der Waals surface area contributed by atoms with Crippen molar-refractivity contribution >= 4 is 107 Å². The summed E-state index contributed by atoms with van der Waals surface area (Å²) in [5.74, 6) is 0.362. The number of carboxylic acids is 3. The maximum atomic E-state index is 12.9. The van der Waals surface area contributed by atoms with Crippen LogP contribution in [0.5, 0.6) is 11.5 Å². The molecule has 0 aliphatic rings. The van der Waals surface area contributed by atoms with Crippen molar-refractivity contribution in [3.05, 3.63) is 300 Å². The van der Waals surface area contributed by atoms with Crippen LogP contribution in [-0.4, -0.2) is 92.6 Å². The third-order valence-electron chi connectivity index (χ3n) is 15.9. The highest BCUT2D eigenvalue weighted by molar-refractivity contribution is 6.63. The third-order valence-corrected chi connectivity index (χ3v) is 16.1. The van der Waals surface area contributed by atoms with Gasteiger partial charge in [0.05, 0.1) is 96.3 Å². The number of amides is 2. The number of carboxylic acid groups (broad SMARTS) is 3. The maximum absolute atomic E-state index is 12.9. The summed E-state index contributed by atoms with van der Waals surface area (Å²) in [5, 5.41) is 33.2. The summed E-state index contributed by atoms with van der Waals surface area (Å²) in [6, 6.07) is 63.4. The lowest BCUT2D eigenvalue weighted by Gasteiger charge is -2.16. The van der Waals surface area contributed by atoms with Gasteiger partial charge in [-0.1, -0.05) is 158 Å². The van der Waals surface area contributed by atoms with Gasteiger partial charge >= 0.3 is 29.2 Å². The highest BCUT2D eigenvalue weighted by Gasteiger charge is 2.18. The Labute approximate surface area is 655 Å². The minimum atomic E-state index is -1.04. The molecule has 0 aliphatic heterocycles. The summed E-state index contributed by atoms with van der Waals surface area (Å²) >= 11 is 4.82. The molecule has 13 aromatic rings. The number of hydrogen-bond acceptors (Lipinski definition) is 19. The van der Waals surface area contributed by atoms with Crippen LogP contribution in [0.4, 0.5) is 17.1 Å². The van der Waals surface area contributed by atoms with Crippen LogP contribution in [0.15, 0.2) is 246 Å². The average molecular weight is 1560 g/mol. The predicted molar refractivity (Wildman–Crippen MR) is 439 cm³/mol. The van der Waals surface area contributed by atoms with Crippen LogP contribution >= 0.6 is 11.6 Å². The largest absolute Gasteiger partial charge is 0.492 e. The minimum absolute atomic E-state index is 0.0606. The second kappa shape index (κ2) is 45.3. The molecule has 0 bridgehead atoms. The zero-order valence-electron chi connectivity index (χ0n) is 63.8. The first-order chi connectivity index (χ1) is 54.4. The van der Waals surface area contributed by atoms with E-state index in [9.17, 15) is 47.9 Å². The number of aromatic carboxylic acids is 3. The topological polar surface area (TPSA) is 388 Å². The first-order valence-corrected chi connectivity index (χ1v) is 36.5. The van der Waals surface area contributed by atoms with E-state index < -0.39 is 17.9 Å². The molecule has 0 atom stereocenters. The third kappa shape index (κ3) is 25.4. The summed E-state index contributed by atoms with van der Waals surface area (Å²) in [5.41, 5.74) is 10.3. The number of carbonyl (C=O) groups excluding carboxylic acids is 3. The number of rotatable bonds is 18. The lowest BCUT2D eigenvalue weighted by Crippen LogP contribution is -2.24. The number of halogens is 1. The zero-order chi connectivity index (χ0) is 82.5. The van der Waals surface area contributed by atoms with E-state index in [4.69, 9.17) is 51.0 Å². The van der Waals surface area contributed by atoms with E-state index in [1.54, 1.807) is 109 Å². The second-order valence-corrected chi connectivity index (χ2v) is 23.9. The first-order valence-electron chi connectivity index (χ1n) is 36.2. The molecule has 0 unspecified atom stereocenters. The van der Waals surface area contributed by atoms with Crippen molar-refractivity contribution in [3.63, 3.8) is 0 Å². The second-order valence-electron chi connectivity index (χ2n) is 23.5. The number of aromatic nitrogens is 6. The number of carbonyl (C=O) groups is 6. The van der Waals surface area contributed by atoms with E-state index in [0.29, 0.717) is 131 Å². The number of nitrogens with two attached hydrogens (primary N) is 1. The molecule has 0 spiro atoms. The molecule has 4 heterocycles. The number of hydrogen-bond donors (Lipinski definition) is 6. The lowest BCUT2D eigenvalue weighted by molar-refractivity contribution is -0.116. The van der Waals surface area contributed by atoms with Crippen molar-refractivity contribution in [1.82, 2.24) is 29.1 Å². The van der Waals surface area contributed by atoms with Crippen LogP contribution in [0.2, 0.25) is 0 Å². The van der Waals surface area contributed by atoms with Crippen LogP contribution in [0.1, 0.15) is 136 Å². The van der Waals surface area contributed by atoms with Gasteiger partial charge in [-0.2, -0.15) is 0 Å². The number of fused-ring (bicyclic) bond motifs is 4. The molecule has 7 N–H and O–H groups in total. The number of ether oxygens (including phenoxy) is 2. The van der Waals surface area contributed by atoms with Crippen LogP contribution < -0.4 is 48.2 Å². The number of para-hydroxylation sites is 11. The number of aryl methyl sites for hydroxylation is 4.